The number of amides is 1. The van der Waals surface area contributed by atoms with Crippen LogP contribution < -0.4 is 5.32 Å². The quantitative estimate of drug-likeness (QED) is 0.922. The molecule has 4 nitrogen and oxygen atoms in total. The Balaban J connectivity index is 2.23. The maximum Gasteiger partial charge on any atom is 0.254 e. The molecule has 1 N–H and O–H groups in total. The van der Waals surface area contributed by atoms with E-state index in [2.05, 4.69) is 24.1 Å². The number of piperidine rings is 1. The molecule has 1 aliphatic heterocycles. The first-order chi connectivity index (χ1) is 9.51. The van der Waals surface area contributed by atoms with Crippen LogP contribution in [-0.4, -0.2) is 34.9 Å². The third-order valence-corrected chi connectivity index (χ3v) is 3.94. The van der Waals surface area contributed by atoms with Crippen LogP contribution in [0.15, 0.2) is 12.1 Å². The molecule has 0 spiro atoms. The summed E-state index contributed by atoms with van der Waals surface area (Å²) in [5.74, 6) is 1.51. The Bertz CT molecular complexity index is 487. The minimum Gasteiger partial charge on any atom is -0.370 e. The lowest BCUT2D eigenvalue weighted by molar-refractivity contribution is 0.0574. The molecule has 0 aliphatic carbocycles. The summed E-state index contributed by atoms with van der Waals surface area (Å²) in [6.07, 6.45) is 2.31. The number of nitrogens with one attached hydrogen (secondary N) is 1. The van der Waals surface area contributed by atoms with Crippen molar-refractivity contribution in [2.45, 2.75) is 46.6 Å². The molecular formula is C16H25N3O. The van der Waals surface area contributed by atoms with Crippen LogP contribution in [0.5, 0.6) is 0 Å². The number of likely N-dealkylation sites (tertiary alicyclic amines) is 1. The third-order valence-electron chi connectivity index (χ3n) is 3.94. The standard InChI is InChI=1S/C16H25N3O/c1-5-17-15-9-14(8-12(3)18-15)16(20)19-10-11(2)6-7-13(19)4/h8-9,11,13H,5-7,10H2,1-4H3,(H,17,18). The van der Waals surface area contributed by atoms with Crippen LogP contribution in [-0.2, 0) is 0 Å². The van der Waals surface area contributed by atoms with Crippen molar-refractivity contribution in [1.29, 1.82) is 0 Å². The molecule has 2 heterocycles. The zero-order valence-electron chi connectivity index (χ0n) is 12.9. The SMILES string of the molecule is CCNc1cc(C(=O)N2CC(C)CCC2C)cc(C)n1. The fraction of sp³-hybridized carbons (Fsp3) is 0.625. The number of aryl methyl sites for hydroxylation is 1. The van der Waals surface area contributed by atoms with Crippen LogP contribution in [0.4, 0.5) is 5.82 Å². The minimum absolute atomic E-state index is 0.133. The molecule has 1 saturated heterocycles. The number of pyridine rings is 1. The second-order valence-electron chi connectivity index (χ2n) is 5.90. The number of aromatic nitrogens is 1. The molecule has 1 fully saturated rings. The first kappa shape index (κ1) is 14.8. The molecule has 1 aromatic heterocycles. The molecule has 2 atom stereocenters. The van der Waals surface area contributed by atoms with Gasteiger partial charge in [-0.2, -0.15) is 0 Å². The molecule has 0 saturated carbocycles. The van der Waals surface area contributed by atoms with Gasteiger partial charge in [0.2, 0.25) is 0 Å². The number of anilines is 1. The van der Waals surface area contributed by atoms with E-state index >= 15 is 0 Å². The van der Waals surface area contributed by atoms with Gasteiger partial charge in [-0.25, -0.2) is 4.98 Å². The fourth-order valence-electron chi connectivity index (χ4n) is 2.80. The van der Waals surface area contributed by atoms with Gasteiger partial charge in [-0.1, -0.05) is 6.92 Å². The van der Waals surface area contributed by atoms with E-state index in [9.17, 15) is 4.79 Å². The number of carbonyl (C=O) groups excluding carboxylic acids is 1. The first-order valence-electron chi connectivity index (χ1n) is 7.54. The number of hydrogen-bond donors (Lipinski definition) is 1. The van der Waals surface area contributed by atoms with Crippen LogP contribution in [0.25, 0.3) is 0 Å². The van der Waals surface area contributed by atoms with Crippen molar-refractivity contribution < 1.29 is 4.79 Å². The van der Waals surface area contributed by atoms with Crippen LogP contribution in [0, 0.1) is 12.8 Å². The van der Waals surface area contributed by atoms with Crippen molar-refractivity contribution in [1.82, 2.24) is 9.88 Å². The highest BCUT2D eigenvalue weighted by Gasteiger charge is 2.27. The monoisotopic (exact) mass is 275 g/mol. The van der Waals surface area contributed by atoms with Gasteiger partial charge in [0.05, 0.1) is 0 Å². The third kappa shape index (κ3) is 3.30. The van der Waals surface area contributed by atoms with E-state index in [4.69, 9.17) is 0 Å². The lowest BCUT2D eigenvalue weighted by Crippen LogP contribution is -2.45. The molecule has 20 heavy (non-hydrogen) atoms. The Morgan fingerprint density at radius 1 is 1.40 bits per heavy atom. The van der Waals surface area contributed by atoms with Gasteiger partial charge in [-0.05, 0) is 51.7 Å². The van der Waals surface area contributed by atoms with Gasteiger partial charge >= 0.3 is 0 Å². The van der Waals surface area contributed by atoms with Crippen molar-refractivity contribution in [3.05, 3.63) is 23.4 Å². The second kappa shape index (κ2) is 6.25. The largest absolute Gasteiger partial charge is 0.370 e. The highest BCUT2D eigenvalue weighted by Crippen LogP contribution is 2.24. The molecule has 2 rings (SSSR count). The van der Waals surface area contributed by atoms with Crippen LogP contribution in [0.2, 0.25) is 0 Å². The fourth-order valence-corrected chi connectivity index (χ4v) is 2.80. The molecular weight excluding hydrogens is 250 g/mol. The van der Waals surface area contributed by atoms with Gasteiger partial charge in [0, 0.05) is 30.4 Å². The number of rotatable bonds is 3. The van der Waals surface area contributed by atoms with E-state index in [0.29, 0.717) is 12.0 Å². The highest BCUT2D eigenvalue weighted by atomic mass is 16.2. The molecule has 2 unspecified atom stereocenters. The van der Waals surface area contributed by atoms with Gasteiger partial charge in [0.15, 0.2) is 0 Å². The predicted octanol–water partition coefficient (Wildman–Crippen LogP) is 3.08. The summed E-state index contributed by atoms with van der Waals surface area (Å²) in [6, 6.07) is 4.08. The summed E-state index contributed by atoms with van der Waals surface area (Å²) >= 11 is 0. The van der Waals surface area contributed by atoms with Crippen molar-refractivity contribution in [2.24, 2.45) is 5.92 Å². The van der Waals surface area contributed by atoms with Crippen molar-refractivity contribution in [3.8, 4) is 0 Å². The first-order valence-corrected chi connectivity index (χ1v) is 7.54. The molecule has 1 aromatic rings. The Kier molecular flexibility index (Phi) is 4.63. The Labute approximate surface area is 121 Å². The van der Waals surface area contributed by atoms with Gasteiger partial charge in [-0.3, -0.25) is 4.79 Å². The lowest BCUT2D eigenvalue weighted by atomic mass is 9.94. The summed E-state index contributed by atoms with van der Waals surface area (Å²) < 4.78 is 0. The van der Waals surface area contributed by atoms with Gasteiger partial charge in [0.25, 0.3) is 5.91 Å². The average molecular weight is 275 g/mol. The van der Waals surface area contributed by atoms with E-state index in [-0.39, 0.29) is 5.91 Å². The number of carbonyl (C=O) groups is 1. The molecule has 1 amide bonds. The maximum absolute atomic E-state index is 12.7. The zero-order valence-corrected chi connectivity index (χ0v) is 12.9. The molecule has 0 aromatic carbocycles. The van der Waals surface area contributed by atoms with Gasteiger partial charge in [-0.15, -0.1) is 0 Å². The topological polar surface area (TPSA) is 45.2 Å². The number of nitrogens with zero attached hydrogens (tertiary/aromatic N) is 2. The summed E-state index contributed by atoms with van der Waals surface area (Å²) in [4.78, 5) is 19.2. The average Bonchev–Trinajstić information content (AvgIpc) is 2.40. The van der Waals surface area contributed by atoms with Crippen molar-refractivity contribution in [2.75, 3.05) is 18.4 Å². The summed E-state index contributed by atoms with van der Waals surface area (Å²) in [5.41, 5.74) is 1.62. The molecule has 1 aliphatic rings. The van der Waals surface area contributed by atoms with Gasteiger partial charge in [0.1, 0.15) is 5.82 Å². The summed E-state index contributed by atoms with van der Waals surface area (Å²) in [5, 5.41) is 3.18. The van der Waals surface area contributed by atoms with Crippen LogP contribution in [0.1, 0.15) is 49.7 Å². The van der Waals surface area contributed by atoms with Crippen molar-refractivity contribution >= 4 is 11.7 Å². The molecule has 0 bridgehead atoms. The smallest absolute Gasteiger partial charge is 0.254 e. The van der Waals surface area contributed by atoms with E-state index in [1.54, 1.807) is 0 Å². The molecule has 110 valence electrons. The summed E-state index contributed by atoms with van der Waals surface area (Å²) in [6.45, 7) is 9.98. The Hall–Kier alpha value is -1.58. The Morgan fingerprint density at radius 3 is 2.85 bits per heavy atom. The van der Waals surface area contributed by atoms with Crippen LogP contribution in [0.3, 0.4) is 0 Å². The predicted molar refractivity (Wildman–Crippen MR) is 82.0 cm³/mol. The van der Waals surface area contributed by atoms with E-state index < -0.39 is 0 Å². The zero-order chi connectivity index (χ0) is 14.7. The van der Waals surface area contributed by atoms with E-state index in [0.717, 1.165) is 36.6 Å². The maximum atomic E-state index is 12.7. The normalized spacial score (nSPS) is 22.7. The lowest BCUT2D eigenvalue weighted by Gasteiger charge is -2.37. The minimum atomic E-state index is 0.133. The van der Waals surface area contributed by atoms with Crippen LogP contribution >= 0.6 is 0 Å². The highest BCUT2D eigenvalue weighted by molar-refractivity contribution is 5.95. The van der Waals surface area contributed by atoms with Crippen molar-refractivity contribution in [3.63, 3.8) is 0 Å². The number of hydrogen-bond acceptors (Lipinski definition) is 3. The molecule has 0 radical (unpaired) electrons. The Morgan fingerprint density at radius 2 is 2.15 bits per heavy atom. The van der Waals surface area contributed by atoms with E-state index in [1.165, 1.54) is 6.42 Å². The summed E-state index contributed by atoms with van der Waals surface area (Å²) in [7, 11) is 0. The van der Waals surface area contributed by atoms with Gasteiger partial charge < -0.3 is 10.2 Å². The van der Waals surface area contributed by atoms with E-state index in [1.807, 2.05) is 30.9 Å². The molecule has 4 heteroatoms. The second-order valence-corrected chi connectivity index (χ2v) is 5.90.